The fraction of sp³-hybridized carbons (Fsp3) is 0.818. The highest BCUT2D eigenvalue weighted by Gasteiger charge is 2.45. The molecule has 1 N–H and O–H groups in total. The van der Waals surface area contributed by atoms with Crippen LogP contribution in [0.2, 0.25) is 0 Å². The lowest BCUT2D eigenvalue weighted by Gasteiger charge is -2.40. The standard InChI is InChI=1S/C11H17NO3/c1-8-10(14)12-9(13)7-11(8)3-2-5-15-6-4-11/h8H,2-7H2,1H3,(H,12,13,14). The third-order valence-electron chi connectivity index (χ3n) is 3.79. The van der Waals surface area contributed by atoms with Gasteiger partial charge in [-0.25, -0.2) is 0 Å². The van der Waals surface area contributed by atoms with Gasteiger partial charge in [-0.15, -0.1) is 0 Å². The van der Waals surface area contributed by atoms with Crippen molar-refractivity contribution in [2.45, 2.75) is 32.6 Å². The maximum Gasteiger partial charge on any atom is 0.229 e. The van der Waals surface area contributed by atoms with Gasteiger partial charge >= 0.3 is 0 Å². The molecule has 4 nitrogen and oxygen atoms in total. The SMILES string of the molecule is CC1C(=O)NC(=O)CC12CCCOCC2. The van der Waals surface area contributed by atoms with E-state index in [2.05, 4.69) is 5.32 Å². The van der Waals surface area contributed by atoms with Crippen LogP contribution < -0.4 is 5.32 Å². The molecule has 2 aliphatic rings. The van der Waals surface area contributed by atoms with E-state index in [1.807, 2.05) is 6.92 Å². The summed E-state index contributed by atoms with van der Waals surface area (Å²) < 4.78 is 5.40. The summed E-state index contributed by atoms with van der Waals surface area (Å²) in [4.78, 5) is 23.0. The summed E-state index contributed by atoms with van der Waals surface area (Å²) >= 11 is 0. The minimum Gasteiger partial charge on any atom is -0.381 e. The van der Waals surface area contributed by atoms with Crippen molar-refractivity contribution in [2.75, 3.05) is 13.2 Å². The van der Waals surface area contributed by atoms with Gasteiger partial charge in [-0.05, 0) is 24.7 Å². The van der Waals surface area contributed by atoms with Gasteiger partial charge < -0.3 is 4.74 Å². The first kappa shape index (κ1) is 10.6. The third-order valence-corrected chi connectivity index (χ3v) is 3.79. The molecule has 2 aliphatic heterocycles. The van der Waals surface area contributed by atoms with Gasteiger partial charge in [-0.2, -0.15) is 0 Å². The molecule has 2 fully saturated rings. The Bertz CT molecular complexity index is 280. The highest BCUT2D eigenvalue weighted by atomic mass is 16.5. The van der Waals surface area contributed by atoms with Gasteiger partial charge in [0.05, 0.1) is 0 Å². The van der Waals surface area contributed by atoms with Crippen LogP contribution in [0.25, 0.3) is 0 Å². The normalized spacial score (nSPS) is 37.5. The highest BCUT2D eigenvalue weighted by Crippen LogP contribution is 2.43. The van der Waals surface area contributed by atoms with Crippen LogP contribution in [-0.4, -0.2) is 25.0 Å². The zero-order valence-electron chi connectivity index (χ0n) is 9.04. The summed E-state index contributed by atoms with van der Waals surface area (Å²) in [5.41, 5.74) is -0.143. The van der Waals surface area contributed by atoms with Crippen molar-refractivity contribution < 1.29 is 14.3 Å². The number of carbonyl (C=O) groups is 2. The fourth-order valence-electron chi connectivity index (χ4n) is 2.68. The van der Waals surface area contributed by atoms with E-state index in [0.717, 1.165) is 25.9 Å². The first-order valence-corrected chi connectivity index (χ1v) is 5.55. The summed E-state index contributed by atoms with van der Waals surface area (Å²) in [6, 6.07) is 0. The molecule has 2 saturated heterocycles. The molecule has 15 heavy (non-hydrogen) atoms. The Hall–Kier alpha value is -0.900. The number of hydrogen-bond acceptors (Lipinski definition) is 3. The Labute approximate surface area is 89.4 Å². The average molecular weight is 211 g/mol. The van der Waals surface area contributed by atoms with Crippen molar-refractivity contribution in [2.24, 2.45) is 11.3 Å². The van der Waals surface area contributed by atoms with Crippen molar-refractivity contribution in [3.05, 3.63) is 0 Å². The van der Waals surface area contributed by atoms with Crippen molar-refractivity contribution in [1.82, 2.24) is 5.32 Å². The van der Waals surface area contributed by atoms with E-state index in [4.69, 9.17) is 4.74 Å². The van der Waals surface area contributed by atoms with Crippen LogP contribution in [0, 0.1) is 11.3 Å². The Morgan fingerprint density at radius 2 is 2.13 bits per heavy atom. The van der Waals surface area contributed by atoms with Gasteiger partial charge in [0, 0.05) is 25.6 Å². The fourth-order valence-corrected chi connectivity index (χ4v) is 2.68. The number of nitrogens with one attached hydrogen (secondary N) is 1. The number of piperidine rings is 1. The Balaban J connectivity index is 2.21. The smallest absolute Gasteiger partial charge is 0.229 e. The van der Waals surface area contributed by atoms with Crippen LogP contribution in [0.4, 0.5) is 0 Å². The van der Waals surface area contributed by atoms with Crippen molar-refractivity contribution in [3.63, 3.8) is 0 Å². The number of amides is 2. The zero-order valence-corrected chi connectivity index (χ0v) is 9.04. The molecule has 2 amide bonds. The summed E-state index contributed by atoms with van der Waals surface area (Å²) in [7, 11) is 0. The molecule has 2 atom stereocenters. The van der Waals surface area contributed by atoms with E-state index in [-0.39, 0.29) is 23.1 Å². The summed E-state index contributed by atoms with van der Waals surface area (Å²) in [5, 5.41) is 2.40. The molecule has 0 radical (unpaired) electrons. The van der Waals surface area contributed by atoms with E-state index in [0.29, 0.717) is 13.0 Å². The molecular formula is C11H17NO3. The van der Waals surface area contributed by atoms with Gasteiger partial charge in [-0.1, -0.05) is 6.92 Å². The van der Waals surface area contributed by atoms with Gasteiger partial charge in [0.25, 0.3) is 0 Å². The van der Waals surface area contributed by atoms with E-state index in [1.165, 1.54) is 0 Å². The molecule has 84 valence electrons. The van der Waals surface area contributed by atoms with Crippen LogP contribution in [0.3, 0.4) is 0 Å². The van der Waals surface area contributed by atoms with Crippen molar-refractivity contribution >= 4 is 11.8 Å². The van der Waals surface area contributed by atoms with Gasteiger partial charge in [0.1, 0.15) is 0 Å². The minimum absolute atomic E-state index is 0.0723. The second-order valence-corrected chi connectivity index (χ2v) is 4.64. The first-order valence-electron chi connectivity index (χ1n) is 5.55. The molecular weight excluding hydrogens is 194 g/mol. The maximum absolute atomic E-state index is 11.6. The third kappa shape index (κ3) is 1.91. The molecule has 2 heterocycles. The largest absolute Gasteiger partial charge is 0.381 e. The molecule has 0 aromatic carbocycles. The second-order valence-electron chi connectivity index (χ2n) is 4.64. The number of carbonyl (C=O) groups excluding carboxylic acids is 2. The molecule has 1 spiro atoms. The van der Waals surface area contributed by atoms with Crippen LogP contribution in [-0.2, 0) is 14.3 Å². The lowest BCUT2D eigenvalue weighted by Crippen LogP contribution is -2.51. The zero-order chi connectivity index (χ0) is 10.9. The van der Waals surface area contributed by atoms with Gasteiger partial charge in [0.2, 0.25) is 11.8 Å². The molecule has 4 heteroatoms. The average Bonchev–Trinajstić information content (AvgIpc) is 2.41. The van der Waals surface area contributed by atoms with E-state index in [9.17, 15) is 9.59 Å². The van der Waals surface area contributed by atoms with Crippen molar-refractivity contribution in [1.29, 1.82) is 0 Å². The van der Waals surface area contributed by atoms with Crippen LogP contribution in [0.15, 0.2) is 0 Å². The van der Waals surface area contributed by atoms with E-state index >= 15 is 0 Å². The lowest BCUT2D eigenvalue weighted by molar-refractivity contribution is -0.143. The molecule has 2 unspecified atom stereocenters. The molecule has 0 bridgehead atoms. The van der Waals surface area contributed by atoms with E-state index in [1.54, 1.807) is 0 Å². The second kappa shape index (κ2) is 3.93. The highest BCUT2D eigenvalue weighted by molar-refractivity contribution is 5.99. The predicted octanol–water partition coefficient (Wildman–Crippen LogP) is 0.856. The number of rotatable bonds is 0. The van der Waals surface area contributed by atoms with Gasteiger partial charge in [0.15, 0.2) is 0 Å². The first-order chi connectivity index (χ1) is 7.14. The molecule has 0 aliphatic carbocycles. The van der Waals surface area contributed by atoms with Crippen LogP contribution in [0.1, 0.15) is 32.6 Å². The number of ether oxygens (including phenoxy) is 1. The van der Waals surface area contributed by atoms with Crippen LogP contribution >= 0.6 is 0 Å². The topological polar surface area (TPSA) is 55.4 Å². The lowest BCUT2D eigenvalue weighted by atomic mass is 9.66. The number of imide groups is 1. The minimum atomic E-state index is -0.143. The van der Waals surface area contributed by atoms with Crippen LogP contribution in [0.5, 0.6) is 0 Å². The summed E-state index contributed by atoms with van der Waals surface area (Å²) in [6.07, 6.45) is 3.18. The maximum atomic E-state index is 11.6. The molecule has 0 aromatic heterocycles. The Morgan fingerprint density at radius 3 is 2.93 bits per heavy atom. The molecule has 0 saturated carbocycles. The number of hydrogen-bond donors (Lipinski definition) is 1. The predicted molar refractivity (Wildman–Crippen MR) is 54.0 cm³/mol. The summed E-state index contributed by atoms with van der Waals surface area (Å²) in [5.74, 6) is -0.315. The molecule has 0 aromatic rings. The monoisotopic (exact) mass is 211 g/mol. The quantitative estimate of drug-likeness (QED) is 0.604. The molecule has 2 rings (SSSR count). The Morgan fingerprint density at radius 1 is 1.33 bits per heavy atom. The summed E-state index contributed by atoms with van der Waals surface area (Å²) in [6.45, 7) is 3.35. The Kier molecular flexibility index (Phi) is 2.78. The van der Waals surface area contributed by atoms with Crippen molar-refractivity contribution in [3.8, 4) is 0 Å². The van der Waals surface area contributed by atoms with E-state index < -0.39 is 0 Å². The van der Waals surface area contributed by atoms with Gasteiger partial charge in [-0.3, -0.25) is 14.9 Å².